The van der Waals surface area contributed by atoms with Gasteiger partial charge in [-0.25, -0.2) is 0 Å². The number of thioether (sulfide) groups is 1. The molecule has 1 rings (SSSR count). The van der Waals surface area contributed by atoms with E-state index in [2.05, 4.69) is 29.4 Å². The third-order valence-electron chi connectivity index (χ3n) is 2.46. The van der Waals surface area contributed by atoms with Crippen LogP contribution in [0.5, 0.6) is 0 Å². The molecule has 1 aromatic rings. The van der Waals surface area contributed by atoms with E-state index >= 15 is 0 Å². The summed E-state index contributed by atoms with van der Waals surface area (Å²) >= 11 is 1.66. The molecule has 5 nitrogen and oxygen atoms in total. The van der Waals surface area contributed by atoms with Crippen molar-refractivity contribution in [2.24, 2.45) is 0 Å². The second kappa shape index (κ2) is 8.13. The fourth-order valence-electron chi connectivity index (χ4n) is 1.67. The first-order chi connectivity index (χ1) is 8.69. The first-order valence-electron chi connectivity index (χ1n) is 6.43. The maximum Gasteiger partial charge on any atom is 0.230 e. The van der Waals surface area contributed by atoms with Crippen LogP contribution in [-0.2, 0) is 11.3 Å². The number of carbonyl (C=O) groups excluding carboxylic acids is 1. The van der Waals surface area contributed by atoms with Gasteiger partial charge in [0, 0.05) is 6.54 Å². The van der Waals surface area contributed by atoms with Gasteiger partial charge in [0.05, 0.1) is 11.8 Å². The molecule has 0 spiro atoms. The van der Waals surface area contributed by atoms with Crippen molar-refractivity contribution in [3.8, 4) is 0 Å². The van der Waals surface area contributed by atoms with Crippen LogP contribution < -0.4 is 5.32 Å². The standard InChI is InChI=1S/C12H22N4OS/c1-4-6-16-9-13-15-12(16)10(3)14-11(17)8-18-7-5-2/h9-10H,4-8H2,1-3H3,(H,14,17)/t10-/m0/s1. The van der Waals surface area contributed by atoms with Crippen LogP contribution in [0.25, 0.3) is 0 Å². The minimum Gasteiger partial charge on any atom is -0.346 e. The number of nitrogens with zero attached hydrogens (tertiary/aromatic N) is 3. The van der Waals surface area contributed by atoms with Crippen molar-refractivity contribution >= 4 is 17.7 Å². The van der Waals surface area contributed by atoms with Crippen LogP contribution in [0.3, 0.4) is 0 Å². The lowest BCUT2D eigenvalue weighted by molar-refractivity contribution is -0.119. The Kier molecular flexibility index (Phi) is 6.78. The maximum atomic E-state index is 11.7. The third-order valence-corrected chi connectivity index (χ3v) is 3.62. The van der Waals surface area contributed by atoms with Crippen molar-refractivity contribution in [1.29, 1.82) is 0 Å². The third kappa shape index (κ3) is 4.68. The molecule has 0 aromatic carbocycles. The predicted molar refractivity (Wildman–Crippen MR) is 74.5 cm³/mol. The Morgan fingerprint density at radius 1 is 1.50 bits per heavy atom. The highest BCUT2D eigenvalue weighted by Gasteiger charge is 2.15. The Hall–Kier alpha value is -1.04. The summed E-state index contributed by atoms with van der Waals surface area (Å²) in [6.07, 6.45) is 3.84. The van der Waals surface area contributed by atoms with Crippen LogP contribution in [0.15, 0.2) is 6.33 Å². The molecule has 1 heterocycles. The first kappa shape index (κ1) is 15.0. The predicted octanol–water partition coefficient (Wildman–Crippen LogP) is 2.01. The molecule has 6 heteroatoms. The summed E-state index contributed by atoms with van der Waals surface area (Å²) in [6, 6.07) is -0.0891. The van der Waals surface area contributed by atoms with Gasteiger partial charge in [0.15, 0.2) is 5.82 Å². The Balaban J connectivity index is 2.46. The maximum absolute atomic E-state index is 11.7. The molecular formula is C12H22N4OS. The minimum absolute atomic E-state index is 0.0620. The van der Waals surface area contributed by atoms with E-state index in [0.717, 1.165) is 31.0 Å². The van der Waals surface area contributed by atoms with E-state index in [-0.39, 0.29) is 11.9 Å². The molecule has 1 aromatic heterocycles. The summed E-state index contributed by atoms with van der Waals surface area (Å²) in [5, 5.41) is 10.9. The zero-order valence-electron chi connectivity index (χ0n) is 11.3. The van der Waals surface area contributed by atoms with E-state index in [1.54, 1.807) is 18.1 Å². The summed E-state index contributed by atoms with van der Waals surface area (Å²) in [5.41, 5.74) is 0. The van der Waals surface area contributed by atoms with E-state index in [9.17, 15) is 4.79 Å². The van der Waals surface area contributed by atoms with E-state index < -0.39 is 0 Å². The number of aryl methyl sites for hydroxylation is 1. The lowest BCUT2D eigenvalue weighted by Crippen LogP contribution is -2.30. The van der Waals surface area contributed by atoms with Gasteiger partial charge in [0.25, 0.3) is 0 Å². The molecule has 1 atom stereocenters. The average molecular weight is 270 g/mol. The topological polar surface area (TPSA) is 59.8 Å². The largest absolute Gasteiger partial charge is 0.346 e. The summed E-state index contributed by atoms with van der Waals surface area (Å²) in [4.78, 5) is 11.7. The molecule has 0 fully saturated rings. The van der Waals surface area contributed by atoms with Crippen molar-refractivity contribution in [2.45, 2.75) is 46.2 Å². The highest BCUT2D eigenvalue weighted by molar-refractivity contribution is 7.99. The van der Waals surface area contributed by atoms with Crippen LogP contribution in [0, 0.1) is 0 Å². The Bertz CT molecular complexity index is 367. The highest BCUT2D eigenvalue weighted by Crippen LogP contribution is 2.10. The summed E-state index contributed by atoms with van der Waals surface area (Å²) in [7, 11) is 0. The fraction of sp³-hybridized carbons (Fsp3) is 0.750. The normalized spacial score (nSPS) is 12.4. The first-order valence-corrected chi connectivity index (χ1v) is 7.59. The van der Waals surface area contributed by atoms with Crippen molar-refractivity contribution in [1.82, 2.24) is 20.1 Å². The molecule has 0 aliphatic carbocycles. The van der Waals surface area contributed by atoms with Gasteiger partial charge in [-0.2, -0.15) is 11.8 Å². The minimum atomic E-state index is -0.0891. The van der Waals surface area contributed by atoms with Crippen molar-refractivity contribution in [2.75, 3.05) is 11.5 Å². The summed E-state index contributed by atoms with van der Waals surface area (Å²) in [5.74, 6) is 2.42. The number of rotatable bonds is 8. The molecule has 1 N–H and O–H groups in total. The Morgan fingerprint density at radius 3 is 2.94 bits per heavy atom. The van der Waals surface area contributed by atoms with Gasteiger partial charge in [0.1, 0.15) is 6.33 Å². The quantitative estimate of drug-likeness (QED) is 0.734. The molecule has 0 bridgehead atoms. The van der Waals surface area contributed by atoms with Gasteiger partial charge < -0.3 is 9.88 Å². The highest BCUT2D eigenvalue weighted by atomic mass is 32.2. The lowest BCUT2D eigenvalue weighted by atomic mass is 10.3. The van der Waals surface area contributed by atoms with Crippen LogP contribution in [0.2, 0.25) is 0 Å². The SMILES string of the molecule is CCCSCC(=O)N[C@@H](C)c1nncn1CCC. The molecule has 0 saturated carbocycles. The lowest BCUT2D eigenvalue weighted by Gasteiger charge is -2.14. The number of aromatic nitrogens is 3. The van der Waals surface area contributed by atoms with Gasteiger partial charge >= 0.3 is 0 Å². The molecule has 18 heavy (non-hydrogen) atoms. The Labute approximate surface area is 113 Å². The van der Waals surface area contributed by atoms with E-state index in [4.69, 9.17) is 0 Å². The van der Waals surface area contributed by atoms with E-state index in [1.807, 2.05) is 11.5 Å². The molecule has 0 saturated heterocycles. The van der Waals surface area contributed by atoms with Gasteiger partial charge in [-0.3, -0.25) is 4.79 Å². The van der Waals surface area contributed by atoms with Crippen LogP contribution in [0.4, 0.5) is 0 Å². The number of hydrogen-bond donors (Lipinski definition) is 1. The van der Waals surface area contributed by atoms with Crippen LogP contribution >= 0.6 is 11.8 Å². The Morgan fingerprint density at radius 2 is 2.28 bits per heavy atom. The second-order valence-electron chi connectivity index (χ2n) is 4.22. The molecule has 102 valence electrons. The second-order valence-corrected chi connectivity index (χ2v) is 5.33. The molecule has 0 unspecified atom stereocenters. The molecular weight excluding hydrogens is 248 g/mol. The summed E-state index contributed by atoms with van der Waals surface area (Å²) < 4.78 is 1.99. The zero-order valence-corrected chi connectivity index (χ0v) is 12.2. The smallest absolute Gasteiger partial charge is 0.230 e. The van der Waals surface area contributed by atoms with Gasteiger partial charge in [0.2, 0.25) is 5.91 Å². The molecule has 0 aliphatic rings. The van der Waals surface area contributed by atoms with E-state index in [0.29, 0.717) is 5.75 Å². The fourth-order valence-corrected chi connectivity index (χ4v) is 2.37. The monoisotopic (exact) mass is 270 g/mol. The van der Waals surface area contributed by atoms with Gasteiger partial charge in [-0.15, -0.1) is 10.2 Å². The van der Waals surface area contributed by atoms with Crippen molar-refractivity contribution in [3.63, 3.8) is 0 Å². The van der Waals surface area contributed by atoms with Crippen LogP contribution in [0.1, 0.15) is 45.5 Å². The number of nitrogens with one attached hydrogen (secondary N) is 1. The molecule has 0 radical (unpaired) electrons. The molecule has 1 amide bonds. The average Bonchev–Trinajstić information content (AvgIpc) is 2.78. The van der Waals surface area contributed by atoms with Gasteiger partial charge in [-0.1, -0.05) is 13.8 Å². The number of carbonyl (C=O) groups is 1. The van der Waals surface area contributed by atoms with Crippen molar-refractivity contribution < 1.29 is 4.79 Å². The molecule has 0 aliphatic heterocycles. The zero-order chi connectivity index (χ0) is 13.4. The van der Waals surface area contributed by atoms with Gasteiger partial charge in [-0.05, 0) is 25.5 Å². The van der Waals surface area contributed by atoms with Crippen molar-refractivity contribution in [3.05, 3.63) is 12.2 Å². The number of hydrogen-bond acceptors (Lipinski definition) is 4. The van der Waals surface area contributed by atoms with E-state index in [1.165, 1.54) is 0 Å². The van der Waals surface area contributed by atoms with Crippen LogP contribution in [-0.4, -0.2) is 32.2 Å². The summed E-state index contributed by atoms with van der Waals surface area (Å²) in [6.45, 7) is 7.04. The number of amides is 1.